The summed E-state index contributed by atoms with van der Waals surface area (Å²) in [5.74, 6) is 0.169. The molecule has 72 valence electrons. The van der Waals surface area contributed by atoms with E-state index in [0.29, 0.717) is 14.8 Å². The van der Waals surface area contributed by atoms with Crippen LogP contribution in [0.4, 0.5) is 8.78 Å². The fourth-order valence-corrected chi connectivity index (χ4v) is 2.09. The van der Waals surface area contributed by atoms with Gasteiger partial charge in [0.2, 0.25) is 0 Å². The fourth-order valence-electron chi connectivity index (χ4n) is 1.04. The van der Waals surface area contributed by atoms with Crippen LogP contribution < -0.4 is 0 Å². The van der Waals surface area contributed by atoms with Crippen LogP contribution in [-0.4, -0.2) is 4.98 Å². The third-order valence-electron chi connectivity index (χ3n) is 1.77. The second-order valence-electron chi connectivity index (χ2n) is 2.53. The molecule has 0 amide bonds. The number of alkyl halides is 3. The molecule has 0 fully saturated rings. The fraction of sp³-hybridized carbons (Fsp3) is 0.375. The lowest BCUT2D eigenvalue weighted by Gasteiger charge is -2.09. The highest BCUT2D eigenvalue weighted by molar-refractivity contribution is 14.1. The van der Waals surface area contributed by atoms with Gasteiger partial charge in [0.25, 0.3) is 6.43 Å². The van der Waals surface area contributed by atoms with Gasteiger partial charge in [-0.25, -0.2) is 8.78 Å². The van der Waals surface area contributed by atoms with Crippen molar-refractivity contribution in [2.45, 2.75) is 19.2 Å². The number of rotatable bonds is 2. The first-order valence-electron chi connectivity index (χ1n) is 3.56. The average Bonchev–Trinajstić information content (AvgIpc) is 2.04. The second-order valence-corrected chi connectivity index (χ2v) is 3.96. The molecule has 1 aromatic rings. The van der Waals surface area contributed by atoms with Crippen molar-refractivity contribution in [2.24, 2.45) is 0 Å². The molecule has 0 N–H and O–H groups in total. The van der Waals surface area contributed by atoms with E-state index < -0.39 is 6.43 Å². The Morgan fingerprint density at radius 1 is 1.62 bits per heavy atom. The van der Waals surface area contributed by atoms with Crippen LogP contribution in [0.5, 0.6) is 0 Å². The highest BCUT2D eigenvalue weighted by Gasteiger charge is 2.17. The molecule has 13 heavy (non-hydrogen) atoms. The first kappa shape index (κ1) is 11.1. The first-order chi connectivity index (χ1) is 6.07. The predicted molar refractivity (Wildman–Crippen MR) is 56.2 cm³/mol. The highest BCUT2D eigenvalue weighted by Crippen LogP contribution is 2.28. The van der Waals surface area contributed by atoms with E-state index in [0.717, 1.165) is 0 Å². The monoisotopic (exact) mass is 317 g/mol. The molecule has 1 nitrogen and oxygen atoms in total. The Balaban J connectivity index is 3.30. The molecule has 0 aliphatic rings. The molecule has 0 aliphatic carbocycles. The van der Waals surface area contributed by atoms with Crippen LogP contribution in [0.3, 0.4) is 0 Å². The van der Waals surface area contributed by atoms with Crippen molar-refractivity contribution < 1.29 is 8.78 Å². The van der Waals surface area contributed by atoms with Crippen molar-refractivity contribution in [1.82, 2.24) is 4.98 Å². The molecule has 0 atom stereocenters. The van der Waals surface area contributed by atoms with Gasteiger partial charge in [-0.15, -0.1) is 11.6 Å². The van der Waals surface area contributed by atoms with E-state index >= 15 is 0 Å². The summed E-state index contributed by atoms with van der Waals surface area (Å²) < 4.78 is 25.5. The van der Waals surface area contributed by atoms with Gasteiger partial charge in [-0.2, -0.15) is 0 Å². The van der Waals surface area contributed by atoms with Gasteiger partial charge in [-0.05, 0) is 35.1 Å². The Labute approximate surface area is 93.6 Å². The zero-order chi connectivity index (χ0) is 10.0. The van der Waals surface area contributed by atoms with Crippen molar-refractivity contribution in [3.8, 4) is 0 Å². The van der Waals surface area contributed by atoms with Crippen molar-refractivity contribution >= 4 is 34.2 Å². The van der Waals surface area contributed by atoms with Crippen LogP contribution >= 0.6 is 34.2 Å². The number of hydrogen-bond donors (Lipinski definition) is 0. The van der Waals surface area contributed by atoms with Gasteiger partial charge in [0, 0.05) is 15.3 Å². The number of nitrogens with zero attached hydrogens (tertiary/aromatic N) is 1. The van der Waals surface area contributed by atoms with Crippen LogP contribution in [0.1, 0.15) is 23.2 Å². The molecule has 0 bridgehead atoms. The van der Waals surface area contributed by atoms with Crippen LogP contribution in [0.15, 0.2) is 6.20 Å². The van der Waals surface area contributed by atoms with E-state index in [1.54, 1.807) is 6.92 Å². The Kier molecular flexibility index (Phi) is 3.85. The Bertz CT molecular complexity index is 317. The lowest BCUT2D eigenvalue weighted by molar-refractivity contribution is 0.149. The van der Waals surface area contributed by atoms with Gasteiger partial charge in [0.1, 0.15) is 0 Å². The molecular weight excluding hydrogens is 310 g/mol. The van der Waals surface area contributed by atoms with Crippen molar-refractivity contribution in [3.05, 3.63) is 26.6 Å². The summed E-state index contributed by atoms with van der Waals surface area (Å²) >= 11 is 7.40. The topological polar surface area (TPSA) is 12.9 Å². The number of halogens is 4. The third kappa shape index (κ3) is 2.28. The van der Waals surface area contributed by atoms with Gasteiger partial charge in [0.15, 0.2) is 0 Å². The minimum atomic E-state index is -2.46. The van der Waals surface area contributed by atoms with Gasteiger partial charge in [-0.1, -0.05) is 0 Å². The normalized spacial score (nSPS) is 10.9. The lowest BCUT2D eigenvalue weighted by atomic mass is 10.1. The van der Waals surface area contributed by atoms with E-state index in [9.17, 15) is 8.78 Å². The maximum Gasteiger partial charge on any atom is 0.265 e. The lowest BCUT2D eigenvalue weighted by Crippen LogP contribution is -2.00. The molecule has 0 saturated carbocycles. The number of hydrogen-bond acceptors (Lipinski definition) is 1. The quantitative estimate of drug-likeness (QED) is 0.599. The summed E-state index contributed by atoms with van der Waals surface area (Å²) in [5, 5.41) is 0. The standard InChI is InChI=1S/C8H7ClF2IN/c1-4-6(2-9)13-3-5(12)7(4)8(10)11/h3,8H,2H2,1H3. The van der Waals surface area contributed by atoms with Gasteiger partial charge < -0.3 is 0 Å². The Morgan fingerprint density at radius 3 is 2.69 bits per heavy atom. The van der Waals surface area contributed by atoms with Crippen LogP contribution in [-0.2, 0) is 5.88 Å². The van der Waals surface area contributed by atoms with Crippen molar-refractivity contribution in [2.75, 3.05) is 0 Å². The molecule has 0 spiro atoms. The highest BCUT2D eigenvalue weighted by atomic mass is 127. The minimum Gasteiger partial charge on any atom is -0.259 e. The molecular formula is C8H7ClF2IN. The predicted octanol–water partition coefficient (Wildman–Crippen LogP) is 3.67. The second kappa shape index (κ2) is 4.50. The van der Waals surface area contributed by atoms with Crippen LogP contribution in [0, 0.1) is 10.5 Å². The van der Waals surface area contributed by atoms with Crippen LogP contribution in [0.25, 0.3) is 0 Å². The molecule has 0 aliphatic heterocycles. The van der Waals surface area contributed by atoms with E-state index in [2.05, 4.69) is 4.98 Å². The molecule has 0 saturated heterocycles. The summed E-state index contributed by atoms with van der Waals surface area (Å²) in [4.78, 5) is 3.97. The smallest absolute Gasteiger partial charge is 0.259 e. The maximum atomic E-state index is 12.5. The summed E-state index contributed by atoms with van der Waals surface area (Å²) in [6.07, 6.45) is -1.04. The molecule has 0 aromatic carbocycles. The summed E-state index contributed by atoms with van der Waals surface area (Å²) in [7, 11) is 0. The summed E-state index contributed by atoms with van der Waals surface area (Å²) in [5.41, 5.74) is 1.07. The molecule has 1 heterocycles. The third-order valence-corrected chi connectivity index (χ3v) is 2.89. The molecule has 1 rings (SSSR count). The zero-order valence-electron chi connectivity index (χ0n) is 6.82. The molecule has 0 unspecified atom stereocenters. The van der Waals surface area contributed by atoms with E-state index in [-0.39, 0.29) is 11.4 Å². The first-order valence-corrected chi connectivity index (χ1v) is 5.17. The Morgan fingerprint density at radius 2 is 2.23 bits per heavy atom. The summed E-state index contributed by atoms with van der Waals surface area (Å²) in [6.45, 7) is 1.62. The van der Waals surface area contributed by atoms with Crippen LogP contribution in [0.2, 0.25) is 0 Å². The van der Waals surface area contributed by atoms with Gasteiger partial charge in [0.05, 0.1) is 11.6 Å². The zero-order valence-corrected chi connectivity index (χ0v) is 9.73. The van der Waals surface area contributed by atoms with Crippen molar-refractivity contribution in [1.29, 1.82) is 0 Å². The van der Waals surface area contributed by atoms with Gasteiger partial charge >= 0.3 is 0 Å². The van der Waals surface area contributed by atoms with Crippen molar-refractivity contribution in [3.63, 3.8) is 0 Å². The average molecular weight is 318 g/mol. The number of pyridine rings is 1. The molecule has 5 heteroatoms. The summed E-state index contributed by atoms with van der Waals surface area (Å²) in [6, 6.07) is 0. The largest absolute Gasteiger partial charge is 0.265 e. The minimum absolute atomic E-state index is 0.0475. The molecule has 1 aromatic heterocycles. The Hall–Kier alpha value is 0.0300. The van der Waals surface area contributed by atoms with E-state index in [1.807, 2.05) is 22.6 Å². The number of aromatic nitrogens is 1. The van der Waals surface area contributed by atoms with E-state index in [4.69, 9.17) is 11.6 Å². The maximum absolute atomic E-state index is 12.5. The van der Waals surface area contributed by atoms with Gasteiger partial charge in [-0.3, -0.25) is 4.98 Å². The SMILES string of the molecule is Cc1c(CCl)ncc(I)c1C(F)F. The molecule has 0 radical (unpaired) electrons. The van der Waals surface area contributed by atoms with E-state index in [1.165, 1.54) is 6.20 Å².